The molecule has 1 heterocycles. The summed E-state index contributed by atoms with van der Waals surface area (Å²) in [5.74, 6) is -0.103. The van der Waals surface area contributed by atoms with Gasteiger partial charge in [-0.1, -0.05) is 12.1 Å². The van der Waals surface area contributed by atoms with E-state index in [0.717, 1.165) is 0 Å². The van der Waals surface area contributed by atoms with Gasteiger partial charge in [0, 0.05) is 0 Å². The Bertz CT molecular complexity index is 502. The van der Waals surface area contributed by atoms with Crippen molar-refractivity contribution >= 4 is 16.9 Å². The van der Waals surface area contributed by atoms with Gasteiger partial charge in [-0.2, -0.15) is 0 Å². The van der Waals surface area contributed by atoms with E-state index in [1.807, 2.05) is 0 Å². The maximum absolute atomic E-state index is 9.77. The molecule has 0 atom stereocenters. The first-order valence-corrected chi connectivity index (χ1v) is 4.66. The van der Waals surface area contributed by atoms with Crippen molar-refractivity contribution in [2.45, 2.75) is 6.92 Å². The molecule has 78 valence electrons. The van der Waals surface area contributed by atoms with Crippen molar-refractivity contribution in [2.24, 2.45) is 0 Å². The smallest absolute Gasteiger partial charge is 0.254 e. The molecule has 2 N–H and O–H groups in total. The van der Waals surface area contributed by atoms with Gasteiger partial charge < -0.3 is 14.3 Å². The number of fused-ring (bicyclic) bond motifs is 1. The molecule has 4 nitrogen and oxygen atoms in total. The number of rotatable bonds is 2. The molecule has 2 rings (SSSR count). The fourth-order valence-corrected chi connectivity index (χ4v) is 1.40. The maximum atomic E-state index is 9.77. The fourth-order valence-electron chi connectivity index (χ4n) is 1.40. The summed E-state index contributed by atoms with van der Waals surface area (Å²) in [6.07, 6.45) is 0. The minimum absolute atomic E-state index is 0.0379. The van der Waals surface area contributed by atoms with Gasteiger partial charge in [0.1, 0.15) is 5.58 Å². The van der Waals surface area contributed by atoms with E-state index in [9.17, 15) is 5.11 Å². The molecule has 0 amide bonds. The van der Waals surface area contributed by atoms with Gasteiger partial charge in [-0.25, -0.2) is 0 Å². The first kappa shape index (κ1) is 9.58. The van der Waals surface area contributed by atoms with Crippen molar-refractivity contribution < 1.29 is 14.3 Å². The summed E-state index contributed by atoms with van der Waals surface area (Å²) in [6.45, 7) is 2.14. The molecule has 0 aliphatic rings. The van der Waals surface area contributed by atoms with E-state index in [2.05, 4.69) is 0 Å². The highest BCUT2D eigenvalue weighted by Crippen LogP contribution is 2.31. The number of hydrogen-bond acceptors (Lipinski definition) is 4. The number of furan rings is 1. The highest BCUT2D eigenvalue weighted by atomic mass is 16.5. The minimum atomic E-state index is -0.147. The van der Waals surface area contributed by atoms with E-state index >= 15 is 0 Å². The minimum Gasteiger partial charge on any atom is -0.504 e. The zero-order valence-corrected chi connectivity index (χ0v) is 8.28. The monoisotopic (exact) mass is 205 g/mol. The van der Waals surface area contributed by atoms with Crippen molar-refractivity contribution in [3.8, 4) is 5.75 Å². The van der Waals surface area contributed by atoms with Crippen molar-refractivity contribution in [3.05, 3.63) is 30.0 Å². The Labute approximate surface area is 86.6 Å². The number of ether oxygens (including phenoxy) is 1. The van der Waals surface area contributed by atoms with E-state index in [1.165, 1.54) is 0 Å². The molecule has 1 aromatic carbocycles. The molecule has 1 aromatic heterocycles. The van der Waals surface area contributed by atoms with Gasteiger partial charge in [0.15, 0.2) is 5.75 Å². The van der Waals surface area contributed by atoms with Gasteiger partial charge in [0.2, 0.25) is 5.76 Å². The highest BCUT2D eigenvalue weighted by Gasteiger charge is 2.17. The SMILES string of the molecule is CCOC(=N)c1oc2ccccc2c1O. The fraction of sp³-hybridized carbons (Fsp3) is 0.182. The van der Waals surface area contributed by atoms with Crippen LogP contribution in [0.5, 0.6) is 5.75 Å². The van der Waals surface area contributed by atoms with Crippen molar-refractivity contribution in [1.29, 1.82) is 5.41 Å². The summed E-state index contributed by atoms with van der Waals surface area (Å²) in [5.41, 5.74) is 0.550. The Kier molecular flexibility index (Phi) is 2.33. The predicted octanol–water partition coefficient (Wildman–Crippen LogP) is 2.50. The van der Waals surface area contributed by atoms with Gasteiger partial charge in [-0.05, 0) is 19.1 Å². The molecule has 0 radical (unpaired) electrons. The highest BCUT2D eigenvalue weighted by molar-refractivity contribution is 5.99. The van der Waals surface area contributed by atoms with E-state index in [4.69, 9.17) is 14.6 Å². The Morgan fingerprint density at radius 2 is 2.20 bits per heavy atom. The summed E-state index contributed by atoms with van der Waals surface area (Å²) in [7, 11) is 0. The molecule has 0 spiro atoms. The lowest BCUT2D eigenvalue weighted by molar-refractivity contribution is 0.314. The molecule has 2 aromatic rings. The first-order valence-electron chi connectivity index (χ1n) is 4.66. The summed E-state index contributed by atoms with van der Waals surface area (Å²) in [6, 6.07) is 7.07. The van der Waals surface area contributed by atoms with Crippen molar-refractivity contribution in [1.82, 2.24) is 0 Å². The van der Waals surface area contributed by atoms with Crippen molar-refractivity contribution in [3.63, 3.8) is 0 Å². The lowest BCUT2D eigenvalue weighted by Gasteiger charge is -2.00. The third-order valence-electron chi connectivity index (χ3n) is 2.06. The third-order valence-corrected chi connectivity index (χ3v) is 2.06. The molecule has 15 heavy (non-hydrogen) atoms. The van der Waals surface area contributed by atoms with Crippen LogP contribution in [-0.4, -0.2) is 17.6 Å². The lowest BCUT2D eigenvalue weighted by Crippen LogP contribution is -2.03. The van der Waals surface area contributed by atoms with Crippen LogP contribution in [0.3, 0.4) is 0 Å². The second kappa shape index (κ2) is 3.65. The van der Waals surface area contributed by atoms with Crippen LogP contribution in [0.4, 0.5) is 0 Å². The van der Waals surface area contributed by atoms with E-state index in [0.29, 0.717) is 17.6 Å². The zero-order valence-electron chi connectivity index (χ0n) is 8.28. The Morgan fingerprint density at radius 1 is 1.47 bits per heavy atom. The molecule has 0 saturated carbocycles. The third kappa shape index (κ3) is 1.54. The van der Waals surface area contributed by atoms with Crippen LogP contribution in [0.25, 0.3) is 11.0 Å². The Balaban J connectivity index is 2.53. The summed E-state index contributed by atoms with van der Waals surface area (Å²) < 4.78 is 10.3. The van der Waals surface area contributed by atoms with Crippen LogP contribution in [0, 0.1) is 5.41 Å². The van der Waals surface area contributed by atoms with Gasteiger partial charge in [0.25, 0.3) is 5.90 Å². The van der Waals surface area contributed by atoms with Crippen LogP contribution in [0.2, 0.25) is 0 Å². The van der Waals surface area contributed by atoms with E-state index < -0.39 is 0 Å². The number of benzene rings is 1. The van der Waals surface area contributed by atoms with Gasteiger partial charge in [-0.3, -0.25) is 5.41 Å². The molecule has 4 heteroatoms. The summed E-state index contributed by atoms with van der Waals surface area (Å²) >= 11 is 0. The number of hydrogen-bond donors (Lipinski definition) is 2. The van der Waals surface area contributed by atoms with E-state index in [-0.39, 0.29) is 17.4 Å². The Morgan fingerprint density at radius 3 is 2.87 bits per heavy atom. The Hall–Kier alpha value is -1.97. The topological polar surface area (TPSA) is 66.5 Å². The van der Waals surface area contributed by atoms with Crippen molar-refractivity contribution in [2.75, 3.05) is 6.61 Å². The number of para-hydroxylation sites is 1. The summed E-state index contributed by atoms with van der Waals surface area (Å²) in [4.78, 5) is 0. The predicted molar refractivity (Wildman–Crippen MR) is 56.3 cm³/mol. The van der Waals surface area contributed by atoms with Gasteiger partial charge >= 0.3 is 0 Å². The quantitative estimate of drug-likeness (QED) is 0.584. The van der Waals surface area contributed by atoms with Crippen LogP contribution in [0.15, 0.2) is 28.7 Å². The van der Waals surface area contributed by atoms with Gasteiger partial charge in [0.05, 0.1) is 12.0 Å². The molecular weight excluding hydrogens is 194 g/mol. The molecule has 0 fully saturated rings. The second-order valence-corrected chi connectivity index (χ2v) is 3.04. The summed E-state index contributed by atoms with van der Waals surface area (Å²) in [5, 5.41) is 17.9. The van der Waals surface area contributed by atoms with Crippen LogP contribution in [-0.2, 0) is 4.74 Å². The first-order chi connectivity index (χ1) is 7.24. The standard InChI is InChI=1S/C11H11NO3/c1-2-14-11(12)10-9(13)7-5-3-4-6-8(7)15-10/h3-6,12-13H,2H2,1H3. The number of aromatic hydroxyl groups is 1. The van der Waals surface area contributed by atoms with E-state index in [1.54, 1.807) is 31.2 Å². The normalized spacial score (nSPS) is 10.5. The van der Waals surface area contributed by atoms with Crippen LogP contribution >= 0.6 is 0 Å². The average Bonchev–Trinajstić information content (AvgIpc) is 2.57. The molecule has 0 aliphatic heterocycles. The maximum Gasteiger partial charge on any atom is 0.254 e. The number of nitrogens with one attached hydrogen (secondary N) is 1. The molecule has 0 unspecified atom stereocenters. The van der Waals surface area contributed by atoms with Crippen LogP contribution in [0.1, 0.15) is 12.7 Å². The van der Waals surface area contributed by atoms with Gasteiger partial charge in [-0.15, -0.1) is 0 Å². The molecular formula is C11H11NO3. The van der Waals surface area contributed by atoms with Crippen LogP contribution < -0.4 is 0 Å². The largest absolute Gasteiger partial charge is 0.504 e. The lowest BCUT2D eigenvalue weighted by atomic mass is 10.2. The molecule has 0 bridgehead atoms. The molecule has 0 saturated heterocycles. The molecule has 0 aliphatic carbocycles. The average molecular weight is 205 g/mol. The zero-order chi connectivity index (χ0) is 10.8. The second-order valence-electron chi connectivity index (χ2n) is 3.04.